The number of aromatic amines is 1. The molecular formula is C25H32N4O. The minimum atomic E-state index is -0.175. The maximum Gasteiger partial charge on any atom is 0.227 e. The Kier molecular flexibility index (Phi) is 5.91. The van der Waals surface area contributed by atoms with Crippen LogP contribution in [-0.2, 0) is 4.79 Å². The lowest BCUT2D eigenvalue weighted by Gasteiger charge is -2.25. The molecule has 1 unspecified atom stereocenters. The highest BCUT2D eigenvalue weighted by atomic mass is 16.1. The molecule has 5 nitrogen and oxygen atoms in total. The molecule has 1 amide bonds. The van der Waals surface area contributed by atoms with Crippen molar-refractivity contribution in [3.63, 3.8) is 0 Å². The Morgan fingerprint density at radius 2 is 1.90 bits per heavy atom. The molecule has 0 spiro atoms. The summed E-state index contributed by atoms with van der Waals surface area (Å²) in [7, 11) is 0. The van der Waals surface area contributed by atoms with Crippen LogP contribution in [0.2, 0.25) is 0 Å². The van der Waals surface area contributed by atoms with Crippen molar-refractivity contribution in [1.29, 1.82) is 0 Å². The van der Waals surface area contributed by atoms with Crippen LogP contribution in [-0.4, -0.2) is 35.0 Å². The molecule has 0 aliphatic carbocycles. The minimum absolute atomic E-state index is 0.118. The number of nitrogens with one attached hydrogen (secondary N) is 3. The van der Waals surface area contributed by atoms with E-state index in [-0.39, 0.29) is 17.9 Å². The summed E-state index contributed by atoms with van der Waals surface area (Å²) in [6, 6.07) is 10.8. The minimum Gasteiger partial charge on any atom is -0.354 e. The van der Waals surface area contributed by atoms with Gasteiger partial charge in [-0.2, -0.15) is 0 Å². The molecule has 158 valence electrons. The van der Waals surface area contributed by atoms with Crippen molar-refractivity contribution in [1.82, 2.24) is 20.6 Å². The second-order valence-electron chi connectivity index (χ2n) is 8.81. The lowest BCUT2D eigenvalue weighted by molar-refractivity contribution is -0.123. The molecule has 30 heavy (non-hydrogen) atoms. The van der Waals surface area contributed by atoms with Crippen LogP contribution in [0.5, 0.6) is 0 Å². The van der Waals surface area contributed by atoms with Crippen LogP contribution in [0.1, 0.15) is 62.3 Å². The van der Waals surface area contributed by atoms with E-state index in [4.69, 9.17) is 0 Å². The van der Waals surface area contributed by atoms with Crippen molar-refractivity contribution < 1.29 is 4.79 Å². The van der Waals surface area contributed by atoms with Crippen LogP contribution >= 0.6 is 0 Å². The maximum atomic E-state index is 12.9. The van der Waals surface area contributed by atoms with Crippen molar-refractivity contribution in [2.75, 3.05) is 13.1 Å². The summed E-state index contributed by atoms with van der Waals surface area (Å²) in [5, 5.41) is 7.79. The van der Waals surface area contributed by atoms with Gasteiger partial charge in [0.2, 0.25) is 5.91 Å². The molecule has 5 heteroatoms. The molecule has 1 aliphatic heterocycles. The largest absolute Gasteiger partial charge is 0.354 e. The van der Waals surface area contributed by atoms with E-state index in [1.54, 1.807) is 0 Å². The number of carbonyl (C=O) groups is 1. The van der Waals surface area contributed by atoms with Crippen molar-refractivity contribution in [2.24, 2.45) is 0 Å². The Balaban J connectivity index is 1.67. The Morgan fingerprint density at radius 3 is 2.60 bits per heavy atom. The molecular weight excluding hydrogens is 372 g/mol. The van der Waals surface area contributed by atoms with Crippen LogP contribution in [0.25, 0.3) is 22.2 Å². The fraction of sp³-hybridized carbons (Fsp3) is 0.440. The molecule has 1 atom stereocenters. The number of fused-ring (bicyclic) bond motifs is 1. The zero-order valence-electron chi connectivity index (χ0n) is 18.4. The van der Waals surface area contributed by atoms with E-state index in [1.165, 1.54) is 10.9 Å². The number of hydrogen-bond donors (Lipinski definition) is 3. The van der Waals surface area contributed by atoms with E-state index in [9.17, 15) is 4.79 Å². The van der Waals surface area contributed by atoms with Gasteiger partial charge in [-0.1, -0.05) is 19.9 Å². The zero-order valence-corrected chi connectivity index (χ0v) is 18.4. The topological polar surface area (TPSA) is 69.8 Å². The van der Waals surface area contributed by atoms with Crippen LogP contribution < -0.4 is 10.6 Å². The smallest absolute Gasteiger partial charge is 0.227 e. The molecule has 0 radical (unpaired) electrons. The highest BCUT2D eigenvalue weighted by molar-refractivity contribution is 5.93. The van der Waals surface area contributed by atoms with Crippen LogP contribution in [0.4, 0.5) is 0 Å². The van der Waals surface area contributed by atoms with Crippen molar-refractivity contribution in [2.45, 2.75) is 58.4 Å². The number of aromatic nitrogens is 2. The lowest BCUT2D eigenvalue weighted by Crippen LogP contribution is -2.44. The summed E-state index contributed by atoms with van der Waals surface area (Å²) >= 11 is 0. The molecule has 2 aromatic heterocycles. The van der Waals surface area contributed by atoms with Gasteiger partial charge >= 0.3 is 0 Å². The summed E-state index contributed by atoms with van der Waals surface area (Å²) in [6.07, 6.45) is 3.86. The number of amides is 1. The van der Waals surface area contributed by atoms with Gasteiger partial charge < -0.3 is 15.6 Å². The molecule has 1 saturated heterocycles. The Labute approximate surface area is 178 Å². The first-order chi connectivity index (χ1) is 14.4. The summed E-state index contributed by atoms with van der Waals surface area (Å²) < 4.78 is 0. The average molecular weight is 405 g/mol. The number of H-pyrrole nitrogens is 1. The molecule has 4 rings (SSSR count). The normalized spacial score (nSPS) is 16.2. The van der Waals surface area contributed by atoms with E-state index in [0.717, 1.165) is 54.0 Å². The number of aryl methyl sites for hydroxylation is 1. The fourth-order valence-corrected chi connectivity index (χ4v) is 4.47. The first-order valence-corrected chi connectivity index (χ1v) is 11.0. The second-order valence-corrected chi connectivity index (χ2v) is 8.81. The number of rotatable bonds is 5. The Bertz CT molecular complexity index is 1050. The van der Waals surface area contributed by atoms with Gasteiger partial charge in [0, 0.05) is 34.4 Å². The van der Waals surface area contributed by atoms with Gasteiger partial charge in [0.05, 0.1) is 11.6 Å². The third-order valence-electron chi connectivity index (χ3n) is 6.20. The summed E-state index contributed by atoms with van der Waals surface area (Å²) in [5.41, 5.74) is 6.77. The second kappa shape index (κ2) is 8.60. The number of pyridine rings is 1. The Morgan fingerprint density at radius 1 is 1.13 bits per heavy atom. The van der Waals surface area contributed by atoms with Crippen molar-refractivity contribution in [3.8, 4) is 11.3 Å². The van der Waals surface area contributed by atoms with Crippen LogP contribution in [0, 0.1) is 6.92 Å². The lowest BCUT2D eigenvalue weighted by atomic mass is 9.92. The van der Waals surface area contributed by atoms with E-state index in [2.05, 4.69) is 64.8 Å². The number of benzene rings is 1. The predicted octanol–water partition coefficient (Wildman–Crippen LogP) is 4.63. The Hall–Kier alpha value is -2.66. The SMILES string of the molecule is Cc1cc(-c2[nH]c3ccc(C(C)C(=O)NC4CCNCC4)cc3c2C(C)C)ccn1. The molecule has 0 saturated carbocycles. The standard InChI is InChI=1S/C25H32N4O/c1-15(2)23-21-14-18(17(4)25(30)28-20-8-10-26-11-9-20)5-6-22(21)29-24(23)19-7-12-27-16(3)13-19/h5-7,12-15,17,20,26,29H,8-11H2,1-4H3,(H,28,30). The first kappa shape index (κ1) is 20.6. The van der Waals surface area contributed by atoms with E-state index in [1.807, 2.05) is 20.0 Å². The summed E-state index contributed by atoms with van der Waals surface area (Å²) in [4.78, 5) is 20.8. The van der Waals surface area contributed by atoms with Gasteiger partial charge in [0.15, 0.2) is 0 Å². The number of carbonyl (C=O) groups excluding carboxylic acids is 1. The van der Waals surface area contributed by atoms with Gasteiger partial charge in [0.25, 0.3) is 0 Å². The predicted molar refractivity (Wildman–Crippen MR) is 123 cm³/mol. The van der Waals surface area contributed by atoms with Gasteiger partial charge in [-0.25, -0.2) is 0 Å². The maximum absolute atomic E-state index is 12.9. The average Bonchev–Trinajstić information content (AvgIpc) is 3.13. The zero-order chi connectivity index (χ0) is 21.3. The molecule has 1 aliphatic rings. The van der Waals surface area contributed by atoms with Gasteiger partial charge in [-0.15, -0.1) is 0 Å². The summed E-state index contributed by atoms with van der Waals surface area (Å²) in [5.74, 6) is 0.301. The van der Waals surface area contributed by atoms with Crippen molar-refractivity contribution in [3.05, 3.63) is 53.3 Å². The molecule has 3 N–H and O–H groups in total. The third-order valence-corrected chi connectivity index (χ3v) is 6.20. The van der Waals surface area contributed by atoms with Gasteiger partial charge in [-0.3, -0.25) is 9.78 Å². The number of hydrogen-bond acceptors (Lipinski definition) is 3. The monoisotopic (exact) mass is 404 g/mol. The van der Waals surface area contributed by atoms with Crippen LogP contribution in [0.3, 0.4) is 0 Å². The van der Waals surface area contributed by atoms with Crippen LogP contribution in [0.15, 0.2) is 36.5 Å². The highest BCUT2D eigenvalue weighted by Gasteiger charge is 2.22. The van der Waals surface area contributed by atoms with Gasteiger partial charge in [-0.05, 0) is 81.1 Å². The first-order valence-electron chi connectivity index (χ1n) is 11.0. The van der Waals surface area contributed by atoms with E-state index < -0.39 is 0 Å². The fourth-order valence-electron chi connectivity index (χ4n) is 4.47. The molecule has 3 heterocycles. The molecule has 1 fully saturated rings. The molecule has 3 aromatic rings. The summed E-state index contributed by atoms with van der Waals surface area (Å²) in [6.45, 7) is 10.4. The number of piperidine rings is 1. The van der Waals surface area contributed by atoms with E-state index >= 15 is 0 Å². The molecule has 0 bridgehead atoms. The van der Waals surface area contributed by atoms with E-state index in [0.29, 0.717) is 5.92 Å². The third kappa shape index (κ3) is 4.12. The van der Waals surface area contributed by atoms with Crippen molar-refractivity contribution >= 4 is 16.8 Å². The van der Waals surface area contributed by atoms with Gasteiger partial charge in [0.1, 0.15) is 0 Å². The number of nitrogens with zero attached hydrogens (tertiary/aromatic N) is 1. The highest BCUT2D eigenvalue weighted by Crippen LogP contribution is 2.37. The quantitative estimate of drug-likeness (QED) is 0.580. The molecule has 1 aromatic carbocycles.